The van der Waals surface area contributed by atoms with E-state index in [1.165, 1.54) is 25.7 Å². The number of hydrogen-bond acceptors (Lipinski definition) is 7. The van der Waals surface area contributed by atoms with Crippen molar-refractivity contribution in [1.82, 2.24) is 25.9 Å². The Bertz CT molecular complexity index is 2260. The molecule has 2 amide bonds. The molecule has 2 heterocycles. The summed E-state index contributed by atoms with van der Waals surface area (Å²) in [7, 11) is 1.97. The molecule has 0 aliphatic heterocycles. The summed E-state index contributed by atoms with van der Waals surface area (Å²) < 4.78 is 12.1. The quantitative estimate of drug-likeness (QED) is 0.112. The fraction of sp³-hybridized carbons (Fsp3) is 0.396. The number of fused-ring (bicyclic) bond motifs is 2. The Morgan fingerprint density at radius 2 is 1.06 bits per heavy atom. The van der Waals surface area contributed by atoms with Gasteiger partial charge in [0.2, 0.25) is 0 Å². The largest absolute Gasteiger partial charge is 0.489 e. The van der Waals surface area contributed by atoms with Crippen molar-refractivity contribution in [3.8, 4) is 11.5 Å². The zero-order valence-electron chi connectivity index (χ0n) is 37.2. The highest BCUT2D eigenvalue weighted by Gasteiger charge is 2.32. The van der Waals surface area contributed by atoms with Crippen molar-refractivity contribution < 1.29 is 19.1 Å². The van der Waals surface area contributed by atoms with Gasteiger partial charge in [-0.1, -0.05) is 76.4 Å². The van der Waals surface area contributed by atoms with Crippen molar-refractivity contribution in [3.63, 3.8) is 0 Å². The lowest BCUT2D eigenvalue weighted by Crippen LogP contribution is -2.54. The van der Waals surface area contributed by atoms with E-state index in [9.17, 15) is 9.59 Å². The van der Waals surface area contributed by atoms with Crippen LogP contribution in [0.3, 0.4) is 0 Å². The van der Waals surface area contributed by atoms with Gasteiger partial charge in [-0.2, -0.15) is 0 Å². The molecule has 324 valence electrons. The zero-order valence-corrected chi connectivity index (χ0v) is 37.2. The number of aryl methyl sites for hydroxylation is 2. The van der Waals surface area contributed by atoms with Crippen molar-refractivity contribution >= 4 is 33.6 Å². The number of amides is 2. The molecule has 0 saturated heterocycles. The smallest absolute Gasteiger partial charge is 0.251 e. The van der Waals surface area contributed by atoms with E-state index in [-0.39, 0.29) is 23.9 Å². The lowest BCUT2D eigenvalue weighted by Gasteiger charge is -2.37. The van der Waals surface area contributed by atoms with Gasteiger partial charge in [0.15, 0.2) is 0 Å². The number of likely N-dealkylation sites (N-methyl/N-ethyl adjacent to an activating group) is 1. The van der Waals surface area contributed by atoms with Crippen LogP contribution in [0.4, 0.5) is 0 Å². The number of rotatable bonds is 12. The molecule has 4 aromatic carbocycles. The van der Waals surface area contributed by atoms with E-state index in [2.05, 4.69) is 71.0 Å². The third kappa shape index (κ3) is 11.0. The third-order valence-corrected chi connectivity index (χ3v) is 12.9. The molecule has 9 nitrogen and oxygen atoms in total. The van der Waals surface area contributed by atoms with E-state index in [1.807, 2.05) is 106 Å². The standard InChI is InChI=1S/C27H32N2O2.C26H31N3O2/c1-4-20-9-7-8-18(2)26(20)29-27(30)21-12-14-23(15-13-21)31-17-22-16-19(3)28-25-11-6-5-10-24(22)25;1-17-7-6-10-24(27-3)25(17)29-26(30)19-11-13-21(14-12-19)31-16-20-15-18(2)28-23-9-5-4-8-22(20)23/h5-6,10-16,18,20,26H,4,7-9,17H2,1-3H3,(H,29,30);4-5,8-9,11-15,17,24-25,27H,6-7,10,16H2,1-3H3,(H,29,30). The minimum atomic E-state index is -0.0266. The number of carbonyl (C=O) groups is 2. The first kappa shape index (κ1) is 44.3. The van der Waals surface area contributed by atoms with Gasteiger partial charge in [-0.25, -0.2) is 0 Å². The van der Waals surface area contributed by atoms with Gasteiger partial charge < -0.3 is 25.4 Å². The molecule has 6 aromatic rings. The van der Waals surface area contributed by atoms with Crippen LogP contribution in [0.2, 0.25) is 0 Å². The van der Waals surface area contributed by atoms with Crippen LogP contribution in [0.15, 0.2) is 109 Å². The van der Waals surface area contributed by atoms with Gasteiger partial charge >= 0.3 is 0 Å². The highest BCUT2D eigenvalue weighted by molar-refractivity contribution is 5.95. The number of ether oxygens (including phenoxy) is 2. The molecule has 3 N–H and O–H groups in total. The van der Waals surface area contributed by atoms with Gasteiger partial charge in [0.1, 0.15) is 24.7 Å². The molecule has 9 heteroatoms. The first-order chi connectivity index (χ1) is 30.1. The second-order valence-electron chi connectivity index (χ2n) is 17.4. The molecule has 6 atom stereocenters. The summed E-state index contributed by atoms with van der Waals surface area (Å²) >= 11 is 0. The van der Waals surface area contributed by atoms with Gasteiger partial charge in [0, 0.05) is 62.5 Å². The molecule has 2 fully saturated rings. The fourth-order valence-electron chi connectivity index (χ4n) is 9.45. The molecule has 0 radical (unpaired) electrons. The van der Waals surface area contributed by atoms with Crippen LogP contribution in [0.5, 0.6) is 11.5 Å². The summed E-state index contributed by atoms with van der Waals surface area (Å²) in [6, 6.07) is 36.0. The maximum absolute atomic E-state index is 12.8. The summed E-state index contributed by atoms with van der Waals surface area (Å²) in [5.74, 6) is 3.07. The van der Waals surface area contributed by atoms with Crippen LogP contribution in [0.1, 0.15) is 109 Å². The number of hydrogen-bond donors (Lipinski definition) is 3. The third-order valence-electron chi connectivity index (χ3n) is 12.9. The molecule has 0 spiro atoms. The number of nitrogens with zero attached hydrogens (tertiary/aromatic N) is 2. The molecule has 8 rings (SSSR count). The SMILES string of the molecule is CCC1CCCC(C)C1NC(=O)c1ccc(OCc2cc(C)nc3ccccc23)cc1.CNC1CCCC(C)C1NC(=O)c1ccc(OCc2cc(C)nc3ccccc23)cc1. The van der Waals surface area contributed by atoms with Gasteiger partial charge in [-0.05, 0) is 137 Å². The normalized spacial score (nSPS) is 21.1. The van der Waals surface area contributed by atoms with E-state index in [1.54, 1.807) is 0 Å². The number of aromatic nitrogens is 2. The van der Waals surface area contributed by atoms with Crippen LogP contribution in [0, 0.1) is 31.6 Å². The maximum Gasteiger partial charge on any atom is 0.251 e. The van der Waals surface area contributed by atoms with Crippen LogP contribution in [-0.2, 0) is 13.2 Å². The Labute approximate surface area is 367 Å². The predicted octanol–water partition coefficient (Wildman–Crippen LogP) is 10.7. The molecule has 62 heavy (non-hydrogen) atoms. The Kier molecular flexibility index (Phi) is 14.9. The zero-order chi connectivity index (χ0) is 43.6. The van der Waals surface area contributed by atoms with Crippen molar-refractivity contribution in [2.45, 2.75) is 111 Å². The fourth-order valence-corrected chi connectivity index (χ4v) is 9.45. The molecule has 0 bridgehead atoms. The van der Waals surface area contributed by atoms with Crippen LogP contribution >= 0.6 is 0 Å². The van der Waals surface area contributed by atoms with Crippen LogP contribution in [0.25, 0.3) is 21.8 Å². The number of nitrogens with one attached hydrogen (secondary N) is 3. The van der Waals surface area contributed by atoms with E-state index in [4.69, 9.17) is 9.47 Å². The topological polar surface area (TPSA) is 114 Å². The average Bonchev–Trinajstić information content (AvgIpc) is 3.29. The number of para-hydroxylation sites is 2. The Morgan fingerprint density at radius 3 is 1.55 bits per heavy atom. The molecule has 2 aromatic heterocycles. The van der Waals surface area contributed by atoms with E-state index >= 15 is 0 Å². The Hall–Kier alpha value is -5.80. The molecule has 2 aliphatic carbocycles. The Balaban J connectivity index is 0.000000186. The number of carbonyl (C=O) groups excluding carboxylic acids is 2. The molecule has 6 unspecified atom stereocenters. The van der Waals surface area contributed by atoms with Gasteiger partial charge in [-0.3, -0.25) is 19.6 Å². The first-order valence-electron chi connectivity index (χ1n) is 22.5. The lowest BCUT2D eigenvalue weighted by molar-refractivity contribution is 0.0867. The second kappa shape index (κ2) is 20.8. The first-order valence-corrected chi connectivity index (χ1v) is 22.5. The summed E-state index contributed by atoms with van der Waals surface area (Å²) in [5, 5.41) is 12.1. The predicted molar refractivity (Wildman–Crippen MR) is 250 cm³/mol. The summed E-state index contributed by atoms with van der Waals surface area (Å²) in [5.41, 5.74) is 7.47. The summed E-state index contributed by atoms with van der Waals surface area (Å²) in [4.78, 5) is 34.8. The maximum atomic E-state index is 12.8. The Morgan fingerprint density at radius 1 is 0.613 bits per heavy atom. The minimum absolute atomic E-state index is 0.0134. The van der Waals surface area contributed by atoms with Crippen molar-refractivity contribution in [3.05, 3.63) is 143 Å². The lowest BCUT2D eigenvalue weighted by atomic mass is 9.76. The second-order valence-corrected chi connectivity index (χ2v) is 17.4. The van der Waals surface area contributed by atoms with Gasteiger partial charge in [0.25, 0.3) is 11.8 Å². The number of pyridine rings is 2. The minimum Gasteiger partial charge on any atom is -0.489 e. The van der Waals surface area contributed by atoms with Gasteiger partial charge in [0.05, 0.1) is 11.0 Å². The highest BCUT2D eigenvalue weighted by atomic mass is 16.5. The van der Waals surface area contributed by atoms with Gasteiger partial charge in [-0.15, -0.1) is 0 Å². The monoisotopic (exact) mass is 833 g/mol. The van der Waals surface area contributed by atoms with Crippen molar-refractivity contribution in [1.29, 1.82) is 0 Å². The molecular weight excluding hydrogens is 771 g/mol. The van der Waals surface area contributed by atoms with Crippen LogP contribution in [-0.4, -0.2) is 47.0 Å². The molecule has 2 aliphatic rings. The highest BCUT2D eigenvalue weighted by Crippen LogP contribution is 2.32. The molecule has 2 saturated carbocycles. The average molecular weight is 834 g/mol. The molecular formula is C53H63N5O4. The summed E-state index contributed by atoms with van der Waals surface area (Å²) in [6.45, 7) is 11.6. The summed E-state index contributed by atoms with van der Waals surface area (Å²) in [6.07, 6.45) is 8.24. The van der Waals surface area contributed by atoms with Crippen molar-refractivity contribution in [2.24, 2.45) is 17.8 Å². The van der Waals surface area contributed by atoms with E-state index in [0.717, 1.165) is 75.1 Å². The van der Waals surface area contributed by atoms with E-state index in [0.29, 0.717) is 48.1 Å². The number of benzene rings is 4. The van der Waals surface area contributed by atoms with Crippen molar-refractivity contribution in [2.75, 3.05) is 7.05 Å². The van der Waals surface area contributed by atoms with E-state index < -0.39 is 0 Å². The van der Waals surface area contributed by atoms with Crippen LogP contribution < -0.4 is 25.4 Å².